The number of para-hydroxylation sites is 1. The van der Waals surface area contributed by atoms with Crippen LogP contribution in [-0.4, -0.2) is 15.3 Å². The molecular formula is C19H10N2O2. The largest absolute Gasteiger partial charge is 0.285 e. The van der Waals surface area contributed by atoms with Crippen molar-refractivity contribution in [2.45, 2.75) is 0 Å². The van der Waals surface area contributed by atoms with E-state index in [-0.39, 0.29) is 17.2 Å². The zero-order valence-electron chi connectivity index (χ0n) is 12.0. The molecule has 0 unspecified atom stereocenters. The standard InChI is InChI=1S/C19H10N2O2/c22-17-16-12-7-3-1-2-6-11(12)10-15(16)21-18(17)20-14-9-5-4-8-13(14)19(21)23/h1-10H. The lowest BCUT2D eigenvalue weighted by molar-refractivity contribution is 0.103. The molecule has 108 valence electrons. The summed E-state index contributed by atoms with van der Waals surface area (Å²) in [6, 6.07) is 18.6. The van der Waals surface area contributed by atoms with Crippen LogP contribution >= 0.6 is 0 Å². The highest BCUT2D eigenvalue weighted by Gasteiger charge is 2.34. The number of fused-ring (bicyclic) bond motifs is 6. The number of nitrogens with zero attached hydrogens (tertiary/aromatic N) is 2. The van der Waals surface area contributed by atoms with Gasteiger partial charge in [-0.15, -0.1) is 0 Å². The van der Waals surface area contributed by atoms with Gasteiger partial charge in [0, 0.05) is 0 Å². The lowest BCUT2D eigenvalue weighted by Crippen LogP contribution is -2.21. The number of hydrogen-bond acceptors (Lipinski definition) is 3. The van der Waals surface area contributed by atoms with E-state index in [0.717, 1.165) is 11.1 Å². The summed E-state index contributed by atoms with van der Waals surface area (Å²) < 4.78 is 1.44. The minimum atomic E-state index is -0.197. The summed E-state index contributed by atoms with van der Waals surface area (Å²) in [5.41, 5.74) is 3.35. The maximum Gasteiger partial charge on any atom is 0.266 e. The van der Waals surface area contributed by atoms with Crippen molar-refractivity contribution >= 4 is 16.7 Å². The van der Waals surface area contributed by atoms with E-state index in [2.05, 4.69) is 4.98 Å². The van der Waals surface area contributed by atoms with Crippen molar-refractivity contribution in [3.8, 4) is 16.8 Å². The second-order valence-corrected chi connectivity index (χ2v) is 5.61. The number of ketones is 1. The molecule has 0 radical (unpaired) electrons. The number of rotatable bonds is 0. The molecule has 0 saturated carbocycles. The van der Waals surface area contributed by atoms with Gasteiger partial charge in [0.15, 0.2) is 5.82 Å². The van der Waals surface area contributed by atoms with Gasteiger partial charge < -0.3 is 0 Å². The van der Waals surface area contributed by atoms with Crippen LogP contribution in [0.15, 0.2) is 65.5 Å². The number of aromatic nitrogens is 2. The van der Waals surface area contributed by atoms with Crippen LogP contribution in [0, 0.1) is 0 Å². The molecule has 2 heterocycles. The van der Waals surface area contributed by atoms with Crippen molar-refractivity contribution in [2.75, 3.05) is 0 Å². The Balaban J connectivity index is 1.97. The Hall–Kier alpha value is -3.27. The van der Waals surface area contributed by atoms with Crippen LogP contribution in [0.1, 0.15) is 16.2 Å². The highest BCUT2D eigenvalue weighted by Crippen LogP contribution is 2.38. The van der Waals surface area contributed by atoms with E-state index >= 15 is 0 Å². The van der Waals surface area contributed by atoms with E-state index in [1.54, 1.807) is 18.2 Å². The summed E-state index contributed by atoms with van der Waals surface area (Å²) in [5, 5.41) is 0.521. The van der Waals surface area contributed by atoms with Gasteiger partial charge in [0.05, 0.1) is 22.2 Å². The second kappa shape index (κ2) is 4.14. The minimum Gasteiger partial charge on any atom is -0.285 e. The minimum absolute atomic E-state index is 0.191. The van der Waals surface area contributed by atoms with Gasteiger partial charge in [-0.05, 0) is 29.3 Å². The molecule has 5 rings (SSSR count). The number of carbonyl (C=O) groups excluding carboxylic acids is 1. The normalized spacial score (nSPS) is 12.6. The van der Waals surface area contributed by atoms with Crippen molar-refractivity contribution in [1.29, 1.82) is 0 Å². The first-order valence-electron chi connectivity index (χ1n) is 7.34. The van der Waals surface area contributed by atoms with E-state index < -0.39 is 0 Å². The third-order valence-electron chi connectivity index (χ3n) is 4.34. The topological polar surface area (TPSA) is 52.0 Å². The molecule has 2 aromatic rings. The fourth-order valence-corrected chi connectivity index (χ4v) is 3.31. The predicted octanol–water partition coefficient (Wildman–Crippen LogP) is 3.03. The quantitative estimate of drug-likeness (QED) is 0.441. The first kappa shape index (κ1) is 12.3. The van der Waals surface area contributed by atoms with Gasteiger partial charge >= 0.3 is 0 Å². The smallest absolute Gasteiger partial charge is 0.266 e. The number of hydrogen-bond donors (Lipinski definition) is 0. The average molecular weight is 298 g/mol. The SMILES string of the molecule is O=C1c2c3cccccc-3cc2-n2c1nc1ccccc1c2=O. The molecule has 0 bridgehead atoms. The molecule has 0 saturated heterocycles. The third kappa shape index (κ3) is 1.47. The van der Waals surface area contributed by atoms with Crippen LogP contribution in [0.4, 0.5) is 0 Å². The van der Waals surface area contributed by atoms with Gasteiger partial charge in [-0.1, -0.05) is 42.5 Å². The number of carbonyl (C=O) groups is 1. The lowest BCUT2D eigenvalue weighted by atomic mass is 10.1. The van der Waals surface area contributed by atoms with Crippen molar-refractivity contribution in [2.24, 2.45) is 0 Å². The van der Waals surface area contributed by atoms with E-state index in [9.17, 15) is 9.59 Å². The highest BCUT2D eigenvalue weighted by atomic mass is 16.1. The van der Waals surface area contributed by atoms with Crippen LogP contribution in [-0.2, 0) is 0 Å². The van der Waals surface area contributed by atoms with Crippen molar-refractivity contribution in [3.05, 3.63) is 82.4 Å². The van der Waals surface area contributed by atoms with Gasteiger partial charge in [-0.25, -0.2) is 4.98 Å². The fraction of sp³-hybridized carbons (Fsp3) is 0. The van der Waals surface area contributed by atoms with Crippen molar-refractivity contribution in [1.82, 2.24) is 9.55 Å². The maximum absolute atomic E-state index is 12.8. The third-order valence-corrected chi connectivity index (χ3v) is 4.34. The Morgan fingerprint density at radius 3 is 2.57 bits per heavy atom. The molecule has 0 spiro atoms. The van der Waals surface area contributed by atoms with Gasteiger partial charge in [0.2, 0.25) is 5.78 Å². The van der Waals surface area contributed by atoms with Gasteiger partial charge in [0.25, 0.3) is 5.56 Å². The lowest BCUT2D eigenvalue weighted by Gasteiger charge is -2.04. The van der Waals surface area contributed by atoms with Crippen LogP contribution in [0.5, 0.6) is 0 Å². The van der Waals surface area contributed by atoms with E-state index in [1.165, 1.54) is 4.57 Å². The van der Waals surface area contributed by atoms with Gasteiger partial charge in [-0.3, -0.25) is 14.2 Å². The Morgan fingerprint density at radius 2 is 1.65 bits per heavy atom. The summed E-state index contributed by atoms with van der Waals surface area (Å²) in [4.78, 5) is 30.1. The van der Waals surface area contributed by atoms with Crippen LogP contribution in [0.2, 0.25) is 0 Å². The molecule has 4 heteroatoms. The summed E-state index contributed by atoms with van der Waals surface area (Å²) in [5.74, 6) is 0.0103. The van der Waals surface area contributed by atoms with E-state index in [1.807, 2.05) is 42.5 Å². The van der Waals surface area contributed by atoms with E-state index in [4.69, 9.17) is 0 Å². The van der Waals surface area contributed by atoms with Crippen LogP contribution in [0.25, 0.3) is 27.7 Å². The molecular weight excluding hydrogens is 288 g/mol. The molecule has 23 heavy (non-hydrogen) atoms. The monoisotopic (exact) mass is 298 g/mol. The Labute approximate surface area is 131 Å². The number of benzene rings is 1. The Kier molecular flexibility index (Phi) is 2.21. The van der Waals surface area contributed by atoms with Crippen molar-refractivity contribution < 1.29 is 4.79 Å². The second-order valence-electron chi connectivity index (χ2n) is 5.61. The molecule has 0 fully saturated rings. The maximum atomic E-state index is 12.8. The summed E-state index contributed by atoms with van der Waals surface area (Å²) in [6.07, 6.45) is 0. The Morgan fingerprint density at radius 1 is 0.870 bits per heavy atom. The first-order valence-corrected chi connectivity index (χ1v) is 7.34. The predicted molar refractivity (Wildman–Crippen MR) is 87.4 cm³/mol. The molecule has 4 nitrogen and oxygen atoms in total. The molecule has 1 aromatic heterocycles. The van der Waals surface area contributed by atoms with Crippen LogP contribution in [0.3, 0.4) is 0 Å². The molecule has 1 aliphatic heterocycles. The van der Waals surface area contributed by atoms with Gasteiger partial charge in [-0.2, -0.15) is 0 Å². The molecule has 3 aliphatic rings. The zero-order chi connectivity index (χ0) is 15.6. The van der Waals surface area contributed by atoms with Crippen molar-refractivity contribution in [3.63, 3.8) is 0 Å². The summed E-state index contributed by atoms with van der Waals surface area (Å²) >= 11 is 0. The van der Waals surface area contributed by atoms with Crippen LogP contribution < -0.4 is 5.56 Å². The molecule has 1 aromatic carbocycles. The fourth-order valence-electron chi connectivity index (χ4n) is 3.31. The average Bonchev–Trinajstić information content (AvgIpc) is 2.93. The molecule has 2 aliphatic carbocycles. The van der Waals surface area contributed by atoms with E-state index in [0.29, 0.717) is 22.2 Å². The molecule has 0 amide bonds. The van der Waals surface area contributed by atoms with Gasteiger partial charge in [0.1, 0.15) is 0 Å². The zero-order valence-corrected chi connectivity index (χ0v) is 12.0. The first-order chi connectivity index (χ1) is 11.3. The molecule has 0 N–H and O–H groups in total. The summed E-state index contributed by atoms with van der Waals surface area (Å²) in [7, 11) is 0. The molecule has 0 atom stereocenters. The highest BCUT2D eigenvalue weighted by molar-refractivity contribution is 6.18. The summed E-state index contributed by atoms with van der Waals surface area (Å²) in [6.45, 7) is 0. The Bertz CT molecular complexity index is 1160.